The zero-order valence-electron chi connectivity index (χ0n) is 20.4. The lowest BCUT2D eigenvalue weighted by molar-refractivity contribution is -0.0308. The summed E-state index contributed by atoms with van der Waals surface area (Å²) in [4.78, 5) is 8.73. The maximum absolute atomic E-state index is 10.6. The van der Waals surface area contributed by atoms with Gasteiger partial charge >= 0.3 is 0 Å². The number of aliphatic hydroxyl groups excluding tert-OH is 2. The highest BCUT2D eigenvalue weighted by atomic mass is 35.5. The predicted octanol–water partition coefficient (Wildman–Crippen LogP) is 2.53. The van der Waals surface area contributed by atoms with E-state index in [9.17, 15) is 10.2 Å². The maximum atomic E-state index is 10.6. The van der Waals surface area contributed by atoms with Gasteiger partial charge in [0.25, 0.3) is 0 Å². The third kappa shape index (κ3) is 5.57. The van der Waals surface area contributed by atoms with E-state index >= 15 is 0 Å². The molecule has 0 amide bonds. The quantitative estimate of drug-likeness (QED) is 0.235. The first-order chi connectivity index (χ1) is 17.4. The number of ether oxygens (including phenoxy) is 1. The van der Waals surface area contributed by atoms with Crippen LogP contribution in [0, 0.1) is 0 Å². The Labute approximate surface area is 221 Å². The molecule has 1 aromatic heterocycles. The first kappa shape index (κ1) is 26.5. The molecule has 0 aliphatic carbocycles. The van der Waals surface area contributed by atoms with Crippen LogP contribution in [-0.4, -0.2) is 56.9 Å². The van der Waals surface area contributed by atoms with E-state index in [1.54, 1.807) is 13.3 Å². The van der Waals surface area contributed by atoms with E-state index in [4.69, 9.17) is 21.2 Å². The molecule has 0 radical (unpaired) electrons. The SMILES string of the molecule is C[C@H]1O[C@@H](n2cc(-c3ccccc3)c3c2N=CN(Nc2ccc(CCN=C(N)N)cc2)C3)[C@H](O)[C@@H]1O.Cl. The first-order valence-corrected chi connectivity index (χ1v) is 11.9. The normalized spacial score (nSPS) is 22.3. The van der Waals surface area contributed by atoms with Gasteiger partial charge in [0.2, 0.25) is 0 Å². The van der Waals surface area contributed by atoms with E-state index in [-0.39, 0.29) is 18.4 Å². The van der Waals surface area contributed by atoms with Crippen molar-refractivity contribution >= 4 is 36.2 Å². The van der Waals surface area contributed by atoms with Crippen LogP contribution in [0.25, 0.3) is 11.1 Å². The number of guanidine groups is 1. The number of benzene rings is 2. The molecule has 2 aromatic carbocycles. The van der Waals surface area contributed by atoms with Crippen LogP contribution >= 0.6 is 12.4 Å². The van der Waals surface area contributed by atoms with Crippen molar-refractivity contribution in [1.29, 1.82) is 0 Å². The summed E-state index contributed by atoms with van der Waals surface area (Å²) in [6.45, 7) is 2.84. The Morgan fingerprint density at radius 1 is 1.11 bits per heavy atom. The fourth-order valence-corrected chi connectivity index (χ4v) is 4.60. The van der Waals surface area contributed by atoms with Gasteiger partial charge in [-0.2, -0.15) is 0 Å². The lowest BCUT2D eigenvalue weighted by Crippen LogP contribution is -2.31. The smallest absolute Gasteiger partial charge is 0.185 e. The van der Waals surface area contributed by atoms with Gasteiger partial charge < -0.3 is 31.0 Å². The Morgan fingerprint density at radius 2 is 1.84 bits per heavy atom. The van der Waals surface area contributed by atoms with Crippen LogP contribution in [0.1, 0.15) is 24.3 Å². The molecule has 2 aliphatic heterocycles. The summed E-state index contributed by atoms with van der Waals surface area (Å²) >= 11 is 0. The van der Waals surface area contributed by atoms with Crippen molar-refractivity contribution in [2.45, 2.75) is 44.4 Å². The Balaban J connectivity index is 0.00000320. The van der Waals surface area contributed by atoms with Gasteiger partial charge in [-0.3, -0.25) is 15.4 Å². The molecule has 0 saturated carbocycles. The van der Waals surface area contributed by atoms with E-state index in [0.717, 1.165) is 34.4 Å². The van der Waals surface area contributed by atoms with Crippen molar-refractivity contribution in [2.24, 2.45) is 21.5 Å². The highest BCUT2D eigenvalue weighted by Gasteiger charge is 2.42. The third-order valence-electron chi connectivity index (χ3n) is 6.51. The van der Waals surface area contributed by atoms with Crippen LogP contribution in [0.3, 0.4) is 0 Å². The number of nitrogens with zero attached hydrogens (tertiary/aromatic N) is 4. The Kier molecular flexibility index (Phi) is 8.03. The molecule has 0 spiro atoms. The molecule has 3 aromatic rings. The summed E-state index contributed by atoms with van der Waals surface area (Å²) in [5, 5.41) is 22.8. The summed E-state index contributed by atoms with van der Waals surface area (Å²) < 4.78 is 7.73. The zero-order valence-corrected chi connectivity index (χ0v) is 21.3. The molecular formula is C26H32ClN7O3. The monoisotopic (exact) mass is 525 g/mol. The molecule has 0 unspecified atom stereocenters. The Hall–Kier alpha value is -3.57. The number of anilines is 1. The van der Waals surface area contributed by atoms with Crippen LogP contribution in [0.2, 0.25) is 0 Å². The van der Waals surface area contributed by atoms with Gasteiger partial charge in [0, 0.05) is 23.9 Å². The lowest BCUT2D eigenvalue weighted by Gasteiger charge is -2.26. The molecule has 2 aliphatic rings. The maximum Gasteiger partial charge on any atom is 0.185 e. The number of halogens is 1. The zero-order chi connectivity index (χ0) is 25.2. The first-order valence-electron chi connectivity index (χ1n) is 11.9. The van der Waals surface area contributed by atoms with Gasteiger partial charge in [-0.05, 0) is 36.6 Å². The molecule has 0 bridgehead atoms. The molecule has 4 atom stereocenters. The van der Waals surface area contributed by atoms with Gasteiger partial charge in [-0.15, -0.1) is 12.4 Å². The van der Waals surface area contributed by atoms with E-state index < -0.39 is 24.5 Å². The number of nitrogens with one attached hydrogen (secondary N) is 1. The summed E-state index contributed by atoms with van der Waals surface area (Å²) in [6, 6.07) is 18.1. The van der Waals surface area contributed by atoms with E-state index in [2.05, 4.69) is 10.4 Å². The summed E-state index contributed by atoms with van der Waals surface area (Å²) in [6.07, 6.45) is 1.23. The van der Waals surface area contributed by atoms with Crippen molar-refractivity contribution in [3.63, 3.8) is 0 Å². The van der Waals surface area contributed by atoms with Crippen molar-refractivity contribution in [1.82, 2.24) is 9.58 Å². The minimum atomic E-state index is -1.04. The number of aliphatic imine (C=N–C) groups is 2. The second-order valence-corrected chi connectivity index (χ2v) is 9.07. The van der Waals surface area contributed by atoms with Crippen LogP contribution in [0.15, 0.2) is 70.8 Å². The summed E-state index contributed by atoms with van der Waals surface area (Å²) in [7, 11) is 0. The van der Waals surface area contributed by atoms with Crippen molar-refractivity contribution < 1.29 is 14.9 Å². The molecule has 7 N–H and O–H groups in total. The predicted molar refractivity (Wildman–Crippen MR) is 147 cm³/mol. The van der Waals surface area contributed by atoms with Crippen LogP contribution < -0.4 is 16.9 Å². The van der Waals surface area contributed by atoms with E-state index in [0.29, 0.717) is 18.9 Å². The second-order valence-electron chi connectivity index (χ2n) is 9.07. The molecular weight excluding hydrogens is 494 g/mol. The second kappa shape index (κ2) is 11.2. The van der Waals surface area contributed by atoms with Crippen molar-refractivity contribution in [3.05, 3.63) is 71.9 Å². The van der Waals surface area contributed by atoms with Gasteiger partial charge in [-0.1, -0.05) is 42.5 Å². The minimum Gasteiger partial charge on any atom is -0.388 e. The number of hydrazine groups is 1. The number of fused-ring (bicyclic) bond motifs is 1. The van der Waals surface area contributed by atoms with Crippen LogP contribution in [-0.2, 0) is 17.7 Å². The molecule has 3 heterocycles. The summed E-state index contributed by atoms with van der Waals surface area (Å²) in [5.41, 5.74) is 19.3. The highest BCUT2D eigenvalue weighted by molar-refractivity contribution is 5.85. The van der Waals surface area contributed by atoms with Crippen LogP contribution in [0.5, 0.6) is 0 Å². The number of hydrogen-bond acceptors (Lipinski definition) is 7. The number of rotatable bonds is 7. The number of nitrogens with two attached hydrogens (primary N) is 2. The van der Waals surface area contributed by atoms with Crippen molar-refractivity contribution in [3.8, 4) is 11.1 Å². The number of aliphatic hydroxyl groups is 2. The van der Waals surface area contributed by atoms with Gasteiger partial charge in [0.1, 0.15) is 24.4 Å². The largest absolute Gasteiger partial charge is 0.388 e. The fraction of sp³-hybridized carbons (Fsp3) is 0.308. The summed E-state index contributed by atoms with van der Waals surface area (Å²) in [5.74, 6) is 0.799. The molecule has 37 heavy (non-hydrogen) atoms. The molecule has 196 valence electrons. The van der Waals surface area contributed by atoms with Gasteiger partial charge in [0.05, 0.1) is 18.3 Å². The molecule has 11 heteroatoms. The highest BCUT2D eigenvalue weighted by Crippen LogP contribution is 2.41. The standard InChI is InChI=1S/C26H31N7O3.ClH/c1-16-22(34)23(35)25(36-16)33-14-20(18-5-3-2-4-6-18)21-13-32(15-30-24(21)33)31-19-9-7-17(8-10-19)11-12-29-26(27)28;/h2-10,14-16,22-23,25,31,34-35H,11-13H2,1H3,(H4,27,28,29);1H/t16-,22-,23-,25-;/m1./s1. The van der Waals surface area contributed by atoms with E-state index in [1.165, 1.54) is 0 Å². The average Bonchev–Trinajstić information content (AvgIpc) is 3.37. The van der Waals surface area contributed by atoms with Gasteiger partial charge in [-0.25, -0.2) is 4.99 Å². The molecule has 1 saturated heterocycles. The van der Waals surface area contributed by atoms with Crippen LogP contribution in [0.4, 0.5) is 11.5 Å². The van der Waals surface area contributed by atoms with E-state index in [1.807, 2.05) is 70.4 Å². The molecule has 5 rings (SSSR count). The average molecular weight is 526 g/mol. The topological polar surface area (TPSA) is 147 Å². The lowest BCUT2D eigenvalue weighted by atomic mass is 10.0. The third-order valence-corrected chi connectivity index (χ3v) is 6.51. The Bertz CT molecular complexity index is 1260. The molecule has 10 nitrogen and oxygen atoms in total. The fourth-order valence-electron chi connectivity index (χ4n) is 4.60. The van der Waals surface area contributed by atoms with Crippen molar-refractivity contribution in [2.75, 3.05) is 12.0 Å². The number of hydrogen-bond donors (Lipinski definition) is 5. The number of aromatic nitrogens is 1. The minimum absolute atomic E-state index is 0. The molecule has 1 fully saturated rings. The Morgan fingerprint density at radius 3 is 2.49 bits per heavy atom. The van der Waals surface area contributed by atoms with Gasteiger partial charge in [0.15, 0.2) is 12.2 Å².